The highest BCUT2D eigenvalue weighted by Gasteiger charge is 2.22. The molecule has 2 atom stereocenters. The molecule has 0 aliphatic heterocycles. The minimum Gasteiger partial charge on any atom is -0.373 e. The fourth-order valence-electron chi connectivity index (χ4n) is 2.74. The molecule has 1 aliphatic carbocycles. The summed E-state index contributed by atoms with van der Waals surface area (Å²) in [6, 6.07) is 3.45. The van der Waals surface area contributed by atoms with E-state index in [2.05, 4.69) is 22.5 Å². The molecule has 2 N–H and O–H groups in total. The van der Waals surface area contributed by atoms with Crippen LogP contribution >= 0.6 is 11.6 Å². The topological polar surface area (TPSA) is 54.0 Å². The first-order chi connectivity index (χ1) is 9.61. The Bertz CT molecular complexity index is 478. The molecule has 1 heterocycles. The zero-order valence-corrected chi connectivity index (χ0v) is 12.8. The lowest BCUT2D eigenvalue weighted by Gasteiger charge is -2.28. The van der Waals surface area contributed by atoms with Crippen LogP contribution in [-0.4, -0.2) is 24.5 Å². The van der Waals surface area contributed by atoms with Crippen LogP contribution in [0.5, 0.6) is 0 Å². The number of hydrogen-bond acceptors (Lipinski definition) is 3. The van der Waals surface area contributed by atoms with Gasteiger partial charge in [-0.3, -0.25) is 4.79 Å². The number of pyridine rings is 1. The van der Waals surface area contributed by atoms with Crippen LogP contribution in [0.4, 0.5) is 5.82 Å². The summed E-state index contributed by atoms with van der Waals surface area (Å²) in [4.78, 5) is 16.4. The van der Waals surface area contributed by atoms with E-state index in [4.69, 9.17) is 11.6 Å². The molecule has 110 valence electrons. The Hall–Kier alpha value is -1.29. The van der Waals surface area contributed by atoms with Crippen molar-refractivity contribution in [3.8, 4) is 0 Å². The minimum atomic E-state index is -0.190. The third-order valence-corrected chi connectivity index (χ3v) is 4.44. The van der Waals surface area contributed by atoms with Gasteiger partial charge in [-0.2, -0.15) is 0 Å². The first-order valence-corrected chi connectivity index (χ1v) is 7.62. The van der Waals surface area contributed by atoms with E-state index >= 15 is 0 Å². The highest BCUT2D eigenvalue weighted by molar-refractivity contribution is 6.33. The Balaban J connectivity index is 1.97. The molecule has 5 heteroatoms. The van der Waals surface area contributed by atoms with Gasteiger partial charge in [-0.25, -0.2) is 4.98 Å². The van der Waals surface area contributed by atoms with E-state index in [1.807, 2.05) is 0 Å². The first-order valence-electron chi connectivity index (χ1n) is 7.24. The highest BCUT2D eigenvalue weighted by Crippen LogP contribution is 2.29. The van der Waals surface area contributed by atoms with Gasteiger partial charge in [0.05, 0.1) is 5.02 Å². The lowest BCUT2D eigenvalue weighted by atomic mass is 9.80. The van der Waals surface area contributed by atoms with Crippen molar-refractivity contribution >= 4 is 23.3 Å². The Kier molecular flexibility index (Phi) is 5.24. The van der Waals surface area contributed by atoms with Crippen molar-refractivity contribution in [3.05, 3.63) is 22.8 Å². The van der Waals surface area contributed by atoms with E-state index in [9.17, 15) is 4.79 Å². The van der Waals surface area contributed by atoms with Gasteiger partial charge in [-0.15, -0.1) is 0 Å². The molecule has 1 aromatic heterocycles. The van der Waals surface area contributed by atoms with Gasteiger partial charge in [-0.05, 0) is 30.4 Å². The Morgan fingerprint density at radius 1 is 1.40 bits per heavy atom. The van der Waals surface area contributed by atoms with Crippen LogP contribution in [0.25, 0.3) is 0 Å². The summed E-state index contributed by atoms with van der Waals surface area (Å²) < 4.78 is 0. The maximum absolute atomic E-state index is 12.2. The van der Waals surface area contributed by atoms with Crippen molar-refractivity contribution in [2.75, 3.05) is 18.9 Å². The lowest BCUT2D eigenvalue weighted by molar-refractivity contribution is 0.0931. The number of carbonyl (C=O) groups is 1. The molecular weight excluding hydrogens is 274 g/mol. The standard InChI is InChI=1S/C15H22ClN3O/c1-10-5-3-4-6-11(10)9-18-15(20)14-12(16)7-8-13(17-2)19-14/h7-8,10-11H,3-6,9H2,1-2H3,(H,17,19)(H,18,20). The molecule has 4 nitrogen and oxygen atoms in total. The maximum Gasteiger partial charge on any atom is 0.271 e. The van der Waals surface area contributed by atoms with Crippen LogP contribution in [0.2, 0.25) is 5.02 Å². The summed E-state index contributed by atoms with van der Waals surface area (Å²) >= 11 is 6.05. The summed E-state index contributed by atoms with van der Waals surface area (Å²) in [6.07, 6.45) is 5.02. The number of carbonyl (C=O) groups excluding carboxylic acids is 1. The van der Waals surface area contributed by atoms with Crippen LogP contribution in [0.3, 0.4) is 0 Å². The number of nitrogens with one attached hydrogen (secondary N) is 2. The average molecular weight is 296 g/mol. The van der Waals surface area contributed by atoms with Crippen molar-refractivity contribution in [2.45, 2.75) is 32.6 Å². The largest absolute Gasteiger partial charge is 0.373 e. The van der Waals surface area contributed by atoms with E-state index in [0.717, 1.165) is 0 Å². The second-order valence-corrected chi connectivity index (χ2v) is 5.92. The second-order valence-electron chi connectivity index (χ2n) is 5.51. The van der Waals surface area contributed by atoms with Gasteiger partial charge >= 0.3 is 0 Å². The summed E-state index contributed by atoms with van der Waals surface area (Å²) in [5, 5.41) is 6.28. The van der Waals surface area contributed by atoms with Gasteiger partial charge in [0.15, 0.2) is 0 Å². The molecular formula is C15H22ClN3O. The normalized spacial score (nSPS) is 22.4. The van der Waals surface area contributed by atoms with Crippen LogP contribution in [0.1, 0.15) is 43.1 Å². The summed E-state index contributed by atoms with van der Waals surface area (Å²) in [5.74, 6) is 1.70. The van der Waals surface area contributed by atoms with Crippen molar-refractivity contribution < 1.29 is 4.79 Å². The zero-order valence-electron chi connectivity index (χ0n) is 12.1. The number of amides is 1. The molecule has 1 fully saturated rings. The van der Waals surface area contributed by atoms with E-state index in [1.165, 1.54) is 25.7 Å². The van der Waals surface area contributed by atoms with Gasteiger partial charge in [0.1, 0.15) is 11.5 Å². The van der Waals surface area contributed by atoms with Gasteiger partial charge in [-0.1, -0.05) is 37.8 Å². The molecule has 1 aliphatic rings. The third-order valence-electron chi connectivity index (χ3n) is 4.13. The van der Waals surface area contributed by atoms with E-state index in [-0.39, 0.29) is 5.91 Å². The molecule has 2 unspecified atom stereocenters. The molecule has 1 aromatic rings. The van der Waals surface area contributed by atoms with Crippen molar-refractivity contribution in [1.29, 1.82) is 0 Å². The predicted molar refractivity (Wildman–Crippen MR) is 82.2 cm³/mol. The van der Waals surface area contributed by atoms with Gasteiger partial charge in [0.2, 0.25) is 0 Å². The Morgan fingerprint density at radius 3 is 2.85 bits per heavy atom. The van der Waals surface area contributed by atoms with Gasteiger partial charge in [0.25, 0.3) is 5.91 Å². The molecule has 0 aromatic carbocycles. The number of nitrogens with zero attached hydrogens (tertiary/aromatic N) is 1. The maximum atomic E-state index is 12.2. The molecule has 0 saturated heterocycles. The molecule has 2 rings (SSSR count). The lowest BCUT2D eigenvalue weighted by Crippen LogP contribution is -2.34. The van der Waals surface area contributed by atoms with Gasteiger partial charge in [0, 0.05) is 13.6 Å². The molecule has 1 amide bonds. The average Bonchev–Trinajstić information content (AvgIpc) is 2.46. The smallest absolute Gasteiger partial charge is 0.271 e. The van der Waals surface area contributed by atoms with Crippen molar-refractivity contribution in [3.63, 3.8) is 0 Å². The van der Waals surface area contributed by atoms with Crippen LogP contribution in [-0.2, 0) is 0 Å². The van der Waals surface area contributed by atoms with E-state index in [1.54, 1.807) is 19.2 Å². The van der Waals surface area contributed by atoms with Crippen LogP contribution in [0.15, 0.2) is 12.1 Å². The highest BCUT2D eigenvalue weighted by atomic mass is 35.5. The molecule has 0 radical (unpaired) electrons. The third kappa shape index (κ3) is 3.63. The zero-order chi connectivity index (χ0) is 14.5. The summed E-state index contributed by atoms with van der Waals surface area (Å²) in [7, 11) is 1.77. The summed E-state index contributed by atoms with van der Waals surface area (Å²) in [6.45, 7) is 2.98. The molecule has 20 heavy (non-hydrogen) atoms. The Morgan fingerprint density at radius 2 is 2.15 bits per heavy atom. The van der Waals surface area contributed by atoms with Crippen molar-refractivity contribution in [2.24, 2.45) is 11.8 Å². The molecule has 0 spiro atoms. The van der Waals surface area contributed by atoms with Crippen molar-refractivity contribution in [1.82, 2.24) is 10.3 Å². The number of hydrogen-bond donors (Lipinski definition) is 2. The first kappa shape index (κ1) is 15.1. The monoisotopic (exact) mass is 295 g/mol. The van der Waals surface area contributed by atoms with Crippen LogP contribution < -0.4 is 10.6 Å². The number of rotatable bonds is 4. The molecule has 0 bridgehead atoms. The SMILES string of the molecule is CNc1ccc(Cl)c(C(=O)NCC2CCCCC2C)n1. The second kappa shape index (κ2) is 6.93. The fraction of sp³-hybridized carbons (Fsp3) is 0.600. The number of aromatic nitrogens is 1. The minimum absolute atomic E-state index is 0.190. The predicted octanol–water partition coefficient (Wildman–Crippen LogP) is 3.33. The van der Waals surface area contributed by atoms with E-state index in [0.29, 0.717) is 34.9 Å². The van der Waals surface area contributed by atoms with E-state index < -0.39 is 0 Å². The fourth-order valence-corrected chi connectivity index (χ4v) is 2.94. The molecule has 1 saturated carbocycles. The van der Waals surface area contributed by atoms with Gasteiger partial charge < -0.3 is 10.6 Å². The summed E-state index contributed by atoms with van der Waals surface area (Å²) in [5.41, 5.74) is 0.293. The Labute approximate surface area is 125 Å². The quantitative estimate of drug-likeness (QED) is 0.896. The number of halogens is 1. The number of anilines is 1. The van der Waals surface area contributed by atoms with Crippen LogP contribution in [0, 0.1) is 11.8 Å².